The average molecular weight is 294 g/mol. The van der Waals surface area contributed by atoms with Crippen LogP contribution in [0.25, 0.3) is 0 Å². The van der Waals surface area contributed by atoms with Crippen molar-refractivity contribution < 1.29 is 13.7 Å². The second kappa shape index (κ2) is 6.67. The fraction of sp³-hybridized carbons (Fsp3) is 0.357. The molecule has 0 aliphatic carbocycles. The summed E-state index contributed by atoms with van der Waals surface area (Å²) in [6, 6.07) is 9.03. The third kappa shape index (κ3) is 3.08. The number of hydrogen-bond donors (Lipinski definition) is 1. The highest BCUT2D eigenvalue weighted by atomic mass is 32.2. The molecule has 2 atom stereocenters. The van der Waals surface area contributed by atoms with Gasteiger partial charge in [0.15, 0.2) is 11.2 Å². The maximum Gasteiger partial charge on any atom is 0.337 e. The van der Waals surface area contributed by atoms with Crippen LogP contribution in [0, 0.1) is 0 Å². The predicted octanol–water partition coefficient (Wildman–Crippen LogP) is 1.68. The van der Waals surface area contributed by atoms with E-state index in [0.29, 0.717) is 18.7 Å². The van der Waals surface area contributed by atoms with E-state index in [1.165, 1.54) is 0 Å². The summed E-state index contributed by atoms with van der Waals surface area (Å²) in [5.41, 5.74) is 1.36. The molecule has 1 aliphatic heterocycles. The van der Waals surface area contributed by atoms with Gasteiger partial charge in [-0.2, -0.15) is 0 Å². The zero-order valence-electron chi connectivity index (χ0n) is 11.5. The van der Waals surface area contributed by atoms with Crippen LogP contribution in [-0.2, 0) is 20.7 Å². The molecule has 6 heteroatoms. The summed E-state index contributed by atoms with van der Waals surface area (Å²) in [7, 11) is 0. The number of ether oxygens (including phenoxy) is 1. The summed E-state index contributed by atoms with van der Waals surface area (Å²) in [4.78, 5) is 12.1. The maximum atomic E-state index is 12.1. The molecule has 0 aromatic heterocycles. The minimum absolute atomic E-state index is 0.312. The van der Waals surface area contributed by atoms with Crippen molar-refractivity contribution in [3.63, 3.8) is 0 Å². The highest BCUT2D eigenvalue weighted by Gasteiger charge is 2.31. The van der Waals surface area contributed by atoms with Crippen molar-refractivity contribution in [2.45, 2.75) is 19.9 Å². The Morgan fingerprint density at radius 2 is 2.05 bits per heavy atom. The van der Waals surface area contributed by atoms with E-state index in [9.17, 15) is 9.00 Å². The first-order valence-electron chi connectivity index (χ1n) is 6.55. The van der Waals surface area contributed by atoms with Crippen LogP contribution in [0.4, 0.5) is 0 Å². The highest BCUT2D eigenvalue weighted by molar-refractivity contribution is 7.80. The standard InChI is InChI=1S/C14H18N2O3S/c1-3-16-10-12(14(17)19-4-2)13(15-20(16)18)11-8-6-5-7-9-11/h5-10,13,15H,3-4H2,1-2H3. The first-order valence-corrected chi connectivity index (χ1v) is 7.66. The summed E-state index contributed by atoms with van der Waals surface area (Å²) in [5.74, 6) is -0.385. The van der Waals surface area contributed by atoms with Crippen molar-refractivity contribution in [1.82, 2.24) is 9.03 Å². The second-order valence-corrected chi connectivity index (χ2v) is 5.45. The van der Waals surface area contributed by atoms with E-state index in [-0.39, 0.29) is 5.97 Å². The van der Waals surface area contributed by atoms with Gasteiger partial charge in [-0.1, -0.05) is 30.3 Å². The second-order valence-electron chi connectivity index (χ2n) is 4.25. The number of nitrogens with one attached hydrogen (secondary N) is 1. The van der Waals surface area contributed by atoms with Crippen molar-refractivity contribution in [1.29, 1.82) is 0 Å². The third-order valence-electron chi connectivity index (χ3n) is 2.98. The summed E-state index contributed by atoms with van der Waals surface area (Å²) in [6.45, 7) is 4.50. The Kier molecular flexibility index (Phi) is 4.92. The molecule has 2 rings (SSSR count). The summed E-state index contributed by atoms with van der Waals surface area (Å²) in [5, 5.41) is 0. The minimum atomic E-state index is -1.35. The third-order valence-corrected chi connectivity index (χ3v) is 4.21. The van der Waals surface area contributed by atoms with Crippen molar-refractivity contribution in [3.8, 4) is 0 Å². The molecule has 5 nitrogen and oxygen atoms in total. The molecule has 0 saturated carbocycles. The zero-order valence-corrected chi connectivity index (χ0v) is 12.4. The molecule has 0 spiro atoms. The Bertz CT molecular complexity index is 530. The lowest BCUT2D eigenvalue weighted by atomic mass is 10.0. The van der Waals surface area contributed by atoms with E-state index in [4.69, 9.17) is 4.74 Å². The smallest absolute Gasteiger partial charge is 0.337 e. The van der Waals surface area contributed by atoms with Crippen LogP contribution in [0.1, 0.15) is 25.5 Å². The number of rotatable bonds is 4. The molecule has 0 saturated heterocycles. The number of carbonyl (C=O) groups is 1. The Morgan fingerprint density at radius 1 is 1.35 bits per heavy atom. The van der Waals surface area contributed by atoms with E-state index < -0.39 is 17.2 Å². The number of hydrogen-bond acceptors (Lipinski definition) is 3. The lowest BCUT2D eigenvalue weighted by molar-refractivity contribution is -0.139. The van der Waals surface area contributed by atoms with Crippen LogP contribution in [-0.4, -0.2) is 27.6 Å². The molecule has 0 fully saturated rings. The quantitative estimate of drug-likeness (QED) is 0.860. The van der Waals surface area contributed by atoms with Crippen LogP contribution >= 0.6 is 0 Å². The van der Waals surface area contributed by atoms with Gasteiger partial charge in [0.1, 0.15) is 0 Å². The monoisotopic (exact) mass is 294 g/mol. The number of carbonyl (C=O) groups excluding carboxylic acids is 1. The molecule has 1 aliphatic rings. The van der Waals surface area contributed by atoms with Crippen LogP contribution < -0.4 is 4.72 Å². The summed E-state index contributed by atoms with van der Waals surface area (Å²) >= 11 is -1.35. The maximum absolute atomic E-state index is 12.1. The first kappa shape index (κ1) is 14.7. The number of esters is 1. The number of nitrogens with zero attached hydrogens (tertiary/aromatic N) is 1. The Morgan fingerprint density at radius 3 is 2.65 bits per heavy atom. The molecular weight excluding hydrogens is 276 g/mol. The molecule has 108 valence electrons. The van der Waals surface area contributed by atoms with E-state index in [0.717, 1.165) is 5.56 Å². The van der Waals surface area contributed by atoms with Gasteiger partial charge < -0.3 is 4.74 Å². The number of benzene rings is 1. The van der Waals surface area contributed by atoms with Crippen LogP contribution in [0.15, 0.2) is 42.1 Å². The Labute approximate surface area is 121 Å². The zero-order chi connectivity index (χ0) is 14.5. The molecule has 1 N–H and O–H groups in total. The van der Waals surface area contributed by atoms with Crippen molar-refractivity contribution in [2.75, 3.05) is 13.2 Å². The van der Waals surface area contributed by atoms with Crippen LogP contribution in [0.3, 0.4) is 0 Å². The molecule has 2 unspecified atom stereocenters. The van der Waals surface area contributed by atoms with Gasteiger partial charge in [0.05, 0.1) is 18.2 Å². The van der Waals surface area contributed by atoms with E-state index >= 15 is 0 Å². The fourth-order valence-corrected chi connectivity index (χ4v) is 3.04. The van der Waals surface area contributed by atoms with Gasteiger partial charge in [-0.05, 0) is 19.4 Å². The van der Waals surface area contributed by atoms with Gasteiger partial charge in [0, 0.05) is 12.7 Å². The van der Waals surface area contributed by atoms with Crippen molar-refractivity contribution >= 4 is 17.1 Å². The van der Waals surface area contributed by atoms with Crippen LogP contribution in [0.5, 0.6) is 0 Å². The van der Waals surface area contributed by atoms with Gasteiger partial charge >= 0.3 is 5.97 Å². The Balaban J connectivity index is 2.38. The van der Waals surface area contributed by atoms with Crippen LogP contribution in [0.2, 0.25) is 0 Å². The van der Waals surface area contributed by atoms with Gasteiger partial charge in [0.25, 0.3) is 0 Å². The molecule has 0 amide bonds. The van der Waals surface area contributed by atoms with E-state index in [1.54, 1.807) is 17.4 Å². The fourth-order valence-electron chi connectivity index (χ4n) is 2.00. The molecule has 20 heavy (non-hydrogen) atoms. The van der Waals surface area contributed by atoms with E-state index in [2.05, 4.69) is 4.72 Å². The largest absolute Gasteiger partial charge is 0.463 e. The Hall–Kier alpha value is -1.66. The van der Waals surface area contributed by atoms with E-state index in [1.807, 2.05) is 37.3 Å². The molecule has 1 heterocycles. The molecular formula is C14H18N2O3S. The lowest BCUT2D eigenvalue weighted by Crippen LogP contribution is -2.41. The van der Waals surface area contributed by atoms with Gasteiger partial charge in [-0.3, -0.25) is 4.31 Å². The lowest BCUT2D eigenvalue weighted by Gasteiger charge is -2.30. The highest BCUT2D eigenvalue weighted by Crippen LogP contribution is 2.27. The normalized spacial score (nSPS) is 22.3. The average Bonchev–Trinajstić information content (AvgIpc) is 2.48. The molecule has 0 radical (unpaired) electrons. The predicted molar refractivity (Wildman–Crippen MR) is 77.6 cm³/mol. The van der Waals surface area contributed by atoms with Gasteiger partial charge in [-0.25, -0.2) is 13.7 Å². The van der Waals surface area contributed by atoms with Crippen molar-refractivity contribution in [2.24, 2.45) is 0 Å². The summed E-state index contributed by atoms with van der Waals surface area (Å²) in [6.07, 6.45) is 1.63. The molecule has 1 aromatic carbocycles. The summed E-state index contributed by atoms with van der Waals surface area (Å²) < 4.78 is 21.7. The van der Waals surface area contributed by atoms with Gasteiger partial charge in [-0.15, -0.1) is 0 Å². The SMILES string of the molecule is CCOC(=O)C1=CN(CC)S(=O)NC1c1ccccc1. The first-order chi connectivity index (χ1) is 9.67. The molecule has 0 bridgehead atoms. The van der Waals surface area contributed by atoms with Gasteiger partial charge in [0.2, 0.25) is 0 Å². The minimum Gasteiger partial charge on any atom is -0.463 e. The van der Waals surface area contributed by atoms with Crippen molar-refractivity contribution in [3.05, 3.63) is 47.7 Å². The topological polar surface area (TPSA) is 58.6 Å². The molecule has 1 aromatic rings.